The molecule has 6 nitrogen and oxygen atoms in total. The zero-order chi connectivity index (χ0) is 22.1. The predicted octanol–water partition coefficient (Wildman–Crippen LogP) is 4.92. The van der Waals surface area contributed by atoms with Crippen LogP contribution in [0.3, 0.4) is 0 Å². The van der Waals surface area contributed by atoms with Gasteiger partial charge in [-0.1, -0.05) is 31.2 Å². The molecule has 0 saturated heterocycles. The van der Waals surface area contributed by atoms with Gasteiger partial charge in [-0.2, -0.15) is 0 Å². The molecule has 0 radical (unpaired) electrons. The summed E-state index contributed by atoms with van der Waals surface area (Å²) in [6.07, 6.45) is 0.949. The molecule has 0 aromatic heterocycles. The highest BCUT2D eigenvalue weighted by Gasteiger charge is 2.10. The van der Waals surface area contributed by atoms with Gasteiger partial charge < -0.3 is 20.1 Å². The van der Waals surface area contributed by atoms with E-state index in [0.717, 1.165) is 12.1 Å². The summed E-state index contributed by atoms with van der Waals surface area (Å²) in [7, 11) is 0. The molecule has 0 saturated carbocycles. The van der Waals surface area contributed by atoms with Gasteiger partial charge in [-0.15, -0.1) is 0 Å². The quantitative estimate of drug-likeness (QED) is 0.517. The molecule has 0 aliphatic heterocycles. The SMILES string of the molecule is CCOc1ccccc1NC(=O)c1ccc(OCC(=O)Nc2ccc(CC)cc2)cc1. The van der Waals surface area contributed by atoms with Crippen LogP contribution in [0.15, 0.2) is 72.8 Å². The molecule has 6 heteroatoms. The number of para-hydroxylation sites is 2. The largest absolute Gasteiger partial charge is 0.492 e. The molecular formula is C25H26N2O4. The normalized spacial score (nSPS) is 10.3. The second-order valence-electron chi connectivity index (χ2n) is 6.80. The number of nitrogens with one attached hydrogen (secondary N) is 2. The van der Waals surface area contributed by atoms with Crippen molar-refractivity contribution in [2.45, 2.75) is 20.3 Å². The van der Waals surface area contributed by atoms with Crippen molar-refractivity contribution in [2.75, 3.05) is 23.8 Å². The Labute approximate surface area is 182 Å². The van der Waals surface area contributed by atoms with Crippen molar-refractivity contribution < 1.29 is 19.1 Å². The Kier molecular flexibility index (Phi) is 7.65. The standard InChI is InChI=1S/C25H26N2O4/c1-3-18-9-13-20(14-10-18)26-24(28)17-31-21-15-11-19(12-16-21)25(29)27-22-7-5-6-8-23(22)30-4-2/h5-16H,3-4,17H2,1-2H3,(H,26,28)(H,27,29). The summed E-state index contributed by atoms with van der Waals surface area (Å²) in [5.41, 5.74) is 3.02. The first-order valence-corrected chi connectivity index (χ1v) is 10.2. The fourth-order valence-corrected chi connectivity index (χ4v) is 2.92. The maximum absolute atomic E-state index is 12.5. The number of benzene rings is 3. The van der Waals surface area contributed by atoms with Crippen LogP contribution in [0, 0.1) is 0 Å². The Hall–Kier alpha value is -3.80. The molecule has 0 heterocycles. The average molecular weight is 418 g/mol. The van der Waals surface area contributed by atoms with E-state index in [1.165, 1.54) is 5.56 Å². The number of hydrogen-bond donors (Lipinski definition) is 2. The first-order chi connectivity index (χ1) is 15.1. The Morgan fingerprint density at radius 3 is 2.19 bits per heavy atom. The van der Waals surface area contributed by atoms with E-state index in [2.05, 4.69) is 17.6 Å². The number of amides is 2. The zero-order valence-electron chi connectivity index (χ0n) is 17.7. The van der Waals surface area contributed by atoms with Gasteiger partial charge in [0.1, 0.15) is 11.5 Å². The highest BCUT2D eigenvalue weighted by molar-refractivity contribution is 6.05. The van der Waals surface area contributed by atoms with Crippen LogP contribution in [0.1, 0.15) is 29.8 Å². The number of anilines is 2. The molecule has 0 bridgehead atoms. The molecule has 3 aromatic rings. The lowest BCUT2D eigenvalue weighted by atomic mass is 10.1. The van der Waals surface area contributed by atoms with Gasteiger partial charge in [0.2, 0.25) is 0 Å². The number of carbonyl (C=O) groups excluding carboxylic acids is 2. The zero-order valence-corrected chi connectivity index (χ0v) is 17.7. The topological polar surface area (TPSA) is 76.7 Å². The maximum Gasteiger partial charge on any atom is 0.262 e. The van der Waals surface area contributed by atoms with Crippen LogP contribution in [0.2, 0.25) is 0 Å². The third kappa shape index (κ3) is 6.34. The van der Waals surface area contributed by atoms with Crippen LogP contribution in [-0.2, 0) is 11.2 Å². The third-order valence-corrected chi connectivity index (χ3v) is 4.57. The van der Waals surface area contributed by atoms with E-state index < -0.39 is 0 Å². The summed E-state index contributed by atoms with van der Waals surface area (Å²) in [4.78, 5) is 24.6. The van der Waals surface area contributed by atoms with Crippen molar-refractivity contribution >= 4 is 23.2 Å². The van der Waals surface area contributed by atoms with Gasteiger partial charge in [0.25, 0.3) is 11.8 Å². The molecule has 160 valence electrons. The molecule has 0 spiro atoms. The number of rotatable bonds is 9. The smallest absolute Gasteiger partial charge is 0.262 e. The molecule has 2 amide bonds. The first kappa shape index (κ1) is 21.9. The Bertz CT molecular complexity index is 1010. The second kappa shape index (κ2) is 10.8. The first-order valence-electron chi connectivity index (χ1n) is 10.2. The van der Waals surface area contributed by atoms with Crippen molar-refractivity contribution in [2.24, 2.45) is 0 Å². The minimum atomic E-state index is -0.257. The summed E-state index contributed by atoms with van der Waals surface area (Å²) in [5.74, 6) is 0.613. The summed E-state index contributed by atoms with van der Waals surface area (Å²) < 4.78 is 11.1. The lowest BCUT2D eigenvalue weighted by Gasteiger charge is -2.12. The highest BCUT2D eigenvalue weighted by atomic mass is 16.5. The van der Waals surface area contributed by atoms with E-state index in [0.29, 0.717) is 29.4 Å². The van der Waals surface area contributed by atoms with E-state index >= 15 is 0 Å². The number of carbonyl (C=O) groups is 2. The van der Waals surface area contributed by atoms with Crippen LogP contribution in [0.4, 0.5) is 11.4 Å². The highest BCUT2D eigenvalue weighted by Crippen LogP contribution is 2.24. The molecule has 2 N–H and O–H groups in total. The van der Waals surface area contributed by atoms with Gasteiger partial charge in [0.05, 0.1) is 12.3 Å². The molecule has 31 heavy (non-hydrogen) atoms. The predicted molar refractivity (Wildman–Crippen MR) is 122 cm³/mol. The summed E-state index contributed by atoms with van der Waals surface area (Å²) in [6, 6.07) is 21.6. The Morgan fingerprint density at radius 2 is 1.52 bits per heavy atom. The van der Waals surface area contributed by atoms with Crippen LogP contribution in [0.25, 0.3) is 0 Å². The average Bonchev–Trinajstić information content (AvgIpc) is 2.80. The van der Waals surface area contributed by atoms with E-state index in [-0.39, 0.29) is 18.4 Å². The minimum absolute atomic E-state index is 0.122. The van der Waals surface area contributed by atoms with E-state index in [9.17, 15) is 9.59 Å². The monoisotopic (exact) mass is 418 g/mol. The molecule has 3 aromatic carbocycles. The second-order valence-corrected chi connectivity index (χ2v) is 6.80. The van der Waals surface area contributed by atoms with E-state index in [1.807, 2.05) is 43.3 Å². The van der Waals surface area contributed by atoms with Gasteiger partial charge in [-0.3, -0.25) is 9.59 Å². The maximum atomic E-state index is 12.5. The minimum Gasteiger partial charge on any atom is -0.492 e. The Balaban J connectivity index is 1.52. The van der Waals surface area contributed by atoms with E-state index in [1.54, 1.807) is 36.4 Å². The van der Waals surface area contributed by atoms with Crippen molar-refractivity contribution in [3.8, 4) is 11.5 Å². The van der Waals surface area contributed by atoms with Crippen molar-refractivity contribution in [1.82, 2.24) is 0 Å². The van der Waals surface area contributed by atoms with E-state index in [4.69, 9.17) is 9.47 Å². The molecule has 0 aliphatic carbocycles. The molecule has 3 rings (SSSR count). The molecule has 0 atom stereocenters. The summed E-state index contributed by atoms with van der Waals surface area (Å²) in [6.45, 7) is 4.36. The van der Waals surface area contributed by atoms with Crippen LogP contribution >= 0.6 is 0 Å². The third-order valence-electron chi connectivity index (χ3n) is 4.57. The van der Waals surface area contributed by atoms with Crippen molar-refractivity contribution in [1.29, 1.82) is 0 Å². The number of hydrogen-bond acceptors (Lipinski definition) is 4. The molecule has 0 fully saturated rings. The molecule has 0 aliphatic rings. The lowest BCUT2D eigenvalue weighted by Crippen LogP contribution is -2.20. The van der Waals surface area contributed by atoms with Crippen LogP contribution < -0.4 is 20.1 Å². The summed E-state index contributed by atoms with van der Waals surface area (Å²) >= 11 is 0. The van der Waals surface area contributed by atoms with Crippen molar-refractivity contribution in [3.05, 3.63) is 83.9 Å². The molecular weight excluding hydrogens is 392 g/mol. The fraction of sp³-hybridized carbons (Fsp3) is 0.200. The van der Waals surface area contributed by atoms with Gasteiger partial charge >= 0.3 is 0 Å². The van der Waals surface area contributed by atoms with Crippen molar-refractivity contribution in [3.63, 3.8) is 0 Å². The van der Waals surface area contributed by atoms with Crippen LogP contribution in [-0.4, -0.2) is 25.0 Å². The molecule has 0 unspecified atom stereocenters. The van der Waals surface area contributed by atoms with Gasteiger partial charge in [0.15, 0.2) is 6.61 Å². The fourth-order valence-electron chi connectivity index (χ4n) is 2.92. The number of ether oxygens (including phenoxy) is 2. The van der Waals surface area contributed by atoms with Gasteiger partial charge in [-0.05, 0) is 67.4 Å². The lowest BCUT2D eigenvalue weighted by molar-refractivity contribution is -0.118. The number of aryl methyl sites for hydroxylation is 1. The van der Waals surface area contributed by atoms with Crippen LogP contribution in [0.5, 0.6) is 11.5 Å². The summed E-state index contributed by atoms with van der Waals surface area (Å²) in [5, 5.41) is 5.64. The van der Waals surface area contributed by atoms with Gasteiger partial charge in [0, 0.05) is 11.3 Å². The van der Waals surface area contributed by atoms with Gasteiger partial charge in [-0.25, -0.2) is 0 Å². The Morgan fingerprint density at radius 1 is 0.806 bits per heavy atom.